The first-order valence-corrected chi connectivity index (χ1v) is 10.6. The summed E-state index contributed by atoms with van der Waals surface area (Å²) in [4.78, 5) is 25.4. The van der Waals surface area contributed by atoms with Gasteiger partial charge in [0.2, 0.25) is 0 Å². The molecule has 6 rings (SSSR count). The standard InChI is InChI=1S/C22H28O6/c1-19-8-14(25)17-11(3-5-21-6-4-13(24)18(21)20(17,21)2)12(19)7-16-22(19,15(26)9-23)28-10-27-16/h4,6,11-12,14,16-18,23,25H,3,5,7-10H2,1-2H3/t11-,12-,14-,16+,17+,18?,19-,20-,21?,22+/m0/s1. The first kappa shape index (κ1) is 17.8. The largest absolute Gasteiger partial charge is 0.393 e. The number of Topliss-reactive ketones (excluding diaryl/α,β-unsaturated/α-hetero) is 1. The predicted molar refractivity (Wildman–Crippen MR) is 96.9 cm³/mol. The summed E-state index contributed by atoms with van der Waals surface area (Å²) in [5.41, 5.74) is -1.99. The molecule has 28 heavy (non-hydrogen) atoms. The number of hydrogen-bond donors (Lipinski definition) is 2. The summed E-state index contributed by atoms with van der Waals surface area (Å²) < 4.78 is 11.8. The highest BCUT2D eigenvalue weighted by atomic mass is 16.7. The van der Waals surface area contributed by atoms with Crippen LogP contribution in [0.25, 0.3) is 0 Å². The highest BCUT2D eigenvalue weighted by Gasteiger charge is 2.84. The van der Waals surface area contributed by atoms with E-state index in [1.54, 1.807) is 6.08 Å². The Hall–Kier alpha value is -1.08. The molecule has 5 fully saturated rings. The fourth-order valence-corrected chi connectivity index (χ4v) is 9.23. The van der Waals surface area contributed by atoms with E-state index in [4.69, 9.17) is 9.47 Å². The van der Waals surface area contributed by atoms with Gasteiger partial charge in [-0.3, -0.25) is 9.59 Å². The molecule has 0 radical (unpaired) electrons. The molecule has 0 aromatic heterocycles. The monoisotopic (exact) mass is 388 g/mol. The summed E-state index contributed by atoms with van der Waals surface area (Å²) in [7, 11) is 0. The first-order valence-electron chi connectivity index (χ1n) is 10.6. The molecule has 0 amide bonds. The Morgan fingerprint density at radius 2 is 2.14 bits per heavy atom. The van der Waals surface area contributed by atoms with Gasteiger partial charge >= 0.3 is 0 Å². The van der Waals surface area contributed by atoms with Gasteiger partial charge in [-0.1, -0.05) is 19.9 Å². The van der Waals surface area contributed by atoms with Crippen LogP contribution in [0.2, 0.25) is 0 Å². The third-order valence-corrected chi connectivity index (χ3v) is 10.2. The number of hydrogen-bond acceptors (Lipinski definition) is 6. The minimum Gasteiger partial charge on any atom is -0.393 e. The second-order valence-corrected chi connectivity index (χ2v) is 10.5. The summed E-state index contributed by atoms with van der Waals surface area (Å²) in [5, 5.41) is 21.1. The van der Waals surface area contributed by atoms with Crippen molar-refractivity contribution in [1.82, 2.24) is 0 Å². The van der Waals surface area contributed by atoms with Gasteiger partial charge in [0.05, 0.1) is 12.2 Å². The van der Waals surface area contributed by atoms with Crippen LogP contribution in [0.5, 0.6) is 0 Å². The number of fused-ring (bicyclic) bond motifs is 7. The summed E-state index contributed by atoms with van der Waals surface area (Å²) in [6.45, 7) is 3.73. The Labute approximate surface area is 164 Å². The molecule has 2 unspecified atom stereocenters. The van der Waals surface area contributed by atoms with E-state index in [1.165, 1.54) is 0 Å². The topological polar surface area (TPSA) is 93.1 Å². The average Bonchev–Trinajstić information content (AvgIpc) is 3.00. The molecule has 1 spiro atoms. The Morgan fingerprint density at radius 3 is 2.89 bits per heavy atom. The van der Waals surface area contributed by atoms with Crippen LogP contribution < -0.4 is 0 Å². The fraction of sp³-hybridized carbons (Fsp3) is 0.818. The molecule has 1 heterocycles. The smallest absolute Gasteiger partial charge is 0.193 e. The zero-order chi connectivity index (χ0) is 19.7. The number of ketones is 2. The van der Waals surface area contributed by atoms with Gasteiger partial charge < -0.3 is 19.7 Å². The minimum absolute atomic E-state index is 0.00967. The van der Waals surface area contributed by atoms with Crippen molar-refractivity contribution in [3.05, 3.63) is 12.2 Å². The van der Waals surface area contributed by atoms with Crippen molar-refractivity contribution in [2.75, 3.05) is 13.4 Å². The van der Waals surface area contributed by atoms with E-state index in [2.05, 4.69) is 13.0 Å². The summed E-state index contributed by atoms with van der Waals surface area (Å²) in [6.07, 6.45) is 5.97. The lowest BCUT2D eigenvalue weighted by Crippen LogP contribution is -2.62. The molecular weight excluding hydrogens is 360 g/mol. The van der Waals surface area contributed by atoms with Crippen LogP contribution in [0.15, 0.2) is 12.2 Å². The van der Waals surface area contributed by atoms with Crippen molar-refractivity contribution < 1.29 is 29.3 Å². The average molecular weight is 388 g/mol. The third-order valence-electron chi connectivity index (χ3n) is 10.2. The van der Waals surface area contributed by atoms with E-state index in [9.17, 15) is 19.8 Å². The van der Waals surface area contributed by atoms with Crippen LogP contribution in [0.4, 0.5) is 0 Å². The van der Waals surface area contributed by atoms with Gasteiger partial charge in [0.25, 0.3) is 0 Å². The number of aliphatic hydroxyl groups excluding tert-OH is 2. The fourth-order valence-electron chi connectivity index (χ4n) is 9.23. The van der Waals surface area contributed by atoms with Crippen molar-refractivity contribution in [3.8, 4) is 0 Å². The van der Waals surface area contributed by atoms with Crippen LogP contribution in [0, 0.1) is 39.9 Å². The van der Waals surface area contributed by atoms with Gasteiger partial charge in [-0.25, -0.2) is 0 Å². The number of rotatable bonds is 2. The van der Waals surface area contributed by atoms with Gasteiger partial charge in [0.15, 0.2) is 17.2 Å². The SMILES string of the molecule is C[C@]12C[C@H](O)[C@H]3[C@@H](CCC45C=CC(=O)C4[C@]35C)[C@@H]1C[C@H]1OCO[C@]12C(=O)CO. The number of carbonyl (C=O) groups excluding carboxylic acids is 2. The van der Waals surface area contributed by atoms with Crippen LogP contribution in [-0.4, -0.2) is 53.0 Å². The van der Waals surface area contributed by atoms with Gasteiger partial charge in [0.1, 0.15) is 13.4 Å². The number of ether oxygens (including phenoxy) is 2. The van der Waals surface area contributed by atoms with Crippen LogP contribution >= 0.6 is 0 Å². The summed E-state index contributed by atoms with van der Waals surface area (Å²) >= 11 is 0. The molecule has 0 aromatic rings. The first-order chi connectivity index (χ1) is 13.3. The molecule has 6 nitrogen and oxygen atoms in total. The molecule has 6 aliphatic rings. The molecule has 5 aliphatic carbocycles. The molecule has 1 aliphatic heterocycles. The van der Waals surface area contributed by atoms with Crippen molar-refractivity contribution in [2.24, 2.45) is 39.9 Å². The Kier molecular flexibility index (Phi) is 3.15. The van der Waals surface area contributed by atoms with E-state index in [0.717, 1.165) is 12.8 Å². The molecule has 1 saturated heterocycles. The van der Waals surface area contributed by atoms with Crippen molar-refractivity contribution in [2.45, 2.75) is 57.3 Å². The number of allylic oxidation sites excluding steroid dienone is 2. The Morgan fingerprint density at radius 1 is 1.36 bits per heavy atom. The molecule has 152 valence electrons. The maximum absolute atomic E-state index is 12.9. The minimum atomic E-state index is -1.16. The quantitative estimate of drug-likeness (QED) is 0.739. The van der Waals surface area contributed by atoms with Crippen LogP contribution in [0.1, 0.15) is 39.5 Å². The molecular formula is C22H28O6. The van der Waals surface area contributed by atoms with Gasteiger partial charge in [0, 0.05) is 16.7 Å². The highest BCUT2D eigenvalue weighted by Crippen LogP contribution is 2.84. The lowest BCUT2D eigenvalue weighted by atomic mass is 9.49. The number of carbonyl (C=O) groups is 2. The summed E-state index contributed by atoms with van der Waals surface area (Å²) in [6, 6.07) is 0. The highest BCUT2D eigenvalue weighted by molar-refractivity contribution is 6.00. The molecule has 0 bridgehead atoms. The Bertz CT molecular complexity index is 822. The molecule has 0 aromatic carbocycles. The maximum Gasteiger partial charge on any atom is 0.193 e. The summed E-state index contributed by atoms with van der Waals surface area (Å²) in [5.74, 6) is 0.360. The third kappa shape index (κ3) is 1.52. The molecule has 2 N–H and O–H groups in total. The van der Waals surface area contributed by atoms with E-state index >= 15 is 0 Å². The molecule has 4 saturated carbocycles. The van der Waals surface area contributed by atoms with Crippen LogP contribution in [-0.2, 0) is 19.1 Å². The van der Waals surface area contributed by atoms with Gasteiger partial charge in [-0.2, -0.15) is 0 Å². The lowest BCUT2D eigenvalue weighted by Gasteiger charge is -2.57. The predicted octanol–water partition coefficient (Wildman–Crippen LogP) is 1.24. The Balaban J connectivity index is 1.43. The van der Waals surface area contributed by atoms with Crippen molar-refractivity contribution in [3.63, 3.8) is 0 Å². The second kappa shape index (κ2) is 4.97. The van der Waals surface area contributed by atoms with E-state index in [1.807, 2.05) is 6.92 Å². The second-order valence-electron chi connectivity index (χ2n) is 10.5. The van der Waals surface area contributed by atoms with E-state index in [-0.39, 0.29) is 59.0 Å². The normalized spacial score (nSPS) is 60.6. The van der Waals surface area contributed by atoms with E-state index in [0.29, 0.717) is 12.8 Å². The van der Waals surface area contributed by atoms with E-state index < -0.39 is 23.7 Å². The van der Waals surface area contributed by atoms with Crippen molar-refractivity contribution >= 4 is 11.6 Å². The van der Waals surface area contributed by atoms with Gasteiger partial charge in [-0.15, -0.1) is 0 Å². The van der Waals surface area contributed by atoms with Gasteiger partial charge in [-0.05, 0) is 54.9 Å². The zero-order valence-corrected chi connectivity index (χ0v) is 16.4. The lowest BCUT2D eigenvalue weighted by molar-refractivity contribution is -0.187. The van der Waals surface area contributed by atoms with Crippen molar-refractivity contribution in [1.29, 1.82) is 0 Å². The molecule has 10 atom stereocenters. The number of aliphatic hydroxyl groups is 2. The molecule has 6 heteroatoms. The van der Waals surface area contributed by atoms with Crippen LogP contribution in [0.3, 0.4) is 0 Å². The maximum atomic E-state index is 12.9. The zero-order valence-electron chi connectivity index (χ0n) is 16.4.